The lowest BCUT2D eigenvalue weighted by Gasteiger charge is -2.36. The molecule has 0 aliphatic carbocycles. The first kappa shape index (κ1) is 20.9. The van der Waals surface area contributed by atoms with E-state index in [9.17, 15) is 9.59 Å². The molecule has 0 aromatic heterocycles. The van der Waals surface area contributed by atoms with Crippen LogP contribution in [0.25, 0.3) is 0 Å². The van der Waals surface area contributed by atoms with Crippen LogP contribution in [0.4, 0.5) is 5.69 Å². The number of benzene rings is 2. The summed E-state index contributed by atoms with van der Waals surface area (Å²) in [6.07, 6.45) is 1.36. The van der Waals surface area contributed by atoms with Crippen molar-refractivity contribution in [2.75, 3.05) is 32.1 Å². The summed E-state index contributed by atoms with van der Waals surface area (Å²) in [5.41, 5.74) is 1.58. The summed E-state index contributed by atoms with van der Waals surface area (Å²) < 4.78 is 10.5. The normalized spacial score (nSPS) is 16.1. The summed E-state index contributed by atoms with van der Waals surface area (Å²) in [6.45, 7) is 3.74. The number of ether oxygens (including phenoxy) is 2. The number of likely N-dealkylation sites (tertiary alicyclic amines) is 1. The highest BCUT2D eigenvalue weighted by molar-refractivity contribution is 5.96. The third-order valence-corrected chi connectivity index (χ3v) is 5.24. The molecule has 1 heterocycles. The van der Waals surface area contributed by atoms with E-state index in [0.29, 0.717) is 44.0 Å². The molecule has 6 nitrogen and oxygen atoms in total. The summed E-state index contributed by atoms with van der Waals surface area (Å²) in [6, 6.07) is 16.7. The molecule has 2 aromatic rings. The predicted molar refractivity (Wildman–Crippen MR) is 112 cm³/mol. The number of nitrogens with zero attached hydrogens (tertiary/aromatic N) is 1. The standard InChI is InChI=1S/C23H28N2O4/c1-3-29-20-12-8-7-11-19(20)24-22(26)21(17-9-5-4-6-10-17)25-15-13-18(14-16-25)23(27)28-2/h4-12,18,21H,3,13-16H2,1-2H3,(H,24,26)/t21-/m0/s1. The van der Waals surface area contributed by atoms with Gasteiger partial charge >= 0.3 is 5.97 Å². The fraction of sp³-hybridized carbons (Fsp3) is 0.391. The Kier molecular flexibility index (Phi) is 7.25. The summed E-state index contributed by atoms with van der Waals surface area (Å²) in [7, 11) is 1.42. The van der Waals surface area contributed by atoms with Crippen molar-refractivity contribution in [3.8, 4) is 5.75 Å². The SMILES string of the molecule is CCOc1ccccc1NC(=O)[C@H](c1ccccc1)N1CCC(C(=O)OC)CC1. The van der Waals surface area contributed by atoms with Crippen LogP contribution in [0.15, 0.2) is 54.6 Å². The van der Waals surface area contributed by atoms with Gasteiger partial charge in [0.05, 0.1) is 25.3 Å². The Bertz CT molecular complexity index is 817. The van der Waals surface area contributed by atoms with Crippen molar-refractivity contribution in [3.05, 3.63) is 60.2 Å². The van der Waals surface area contributed by atoms with Crippen LogP contribution in [0.3, 0.4) is 0 Å². The first-order valence-corrected chi connectivity index (χ1v) is 10.0. The largest absolute Gasteiger partial charge is 0.492 e. The molecule has 29 heavy (non-hydrogen) atoms. The van der Waals surface area contributed by atoms with Crippen LogP contribution in [-0.4, -0.2) is 43.6 Å². The molecule has 0 unspecified atom stereocenters. The number of carbonyl (C=O) groups is 2. The molecule has 1 N–H and O–H groups in total. The van der Waals surface area contributed by atoms with Crippen molar-refractivity contribution in [1.82, 2.24) is 4.90 Å². The van der Waals surface area contributed by atoms with E-state index < -0.39 is 6.04 Å². The van der Waals surface area contributed by atoms with Gasteiger partial charge in [-0.1, -0.05) is 42.5 Å². The number of rotatable bonds is 7. The predicted octanol–water partition coefficient (Wildman–Crippen LogP) is 3.65. The molecule has 0 saturated carbocycles. The van der Waals surface area contributed by atoms with Gasteiger partial charge < -0.3 is 14.8 Å². The Morgan fingerprint density at radius 3 is 2.38 bits per heavy atom. The molecule has 3 rings (SSSR count). The van der Waals surface area contributed by atoms with Gasteiger partial charge in [-0.2, -0.15) is 0 Å². The van der Waals surface area contributed by atoms with Crippen LogP contribution >= 0.6 is 0 Å². The summed E-state index contributed by atoms with van der Waals surface area (Å²) in [5, 5.41) is 3.04. The summed E-state index contributed by atoms with van der Waals surface area (Å²) in [5.74, 6) is 0.268. The van der Waals surface area contributed by atoms with E-state index in [2.05, 4.69) is 10.2 Å². The zero-order valence-electron chi connectivity index (χ0n) is 17.0. The molecule has 1 amide bonds. The molecule has 0 bridgehead atoms. The number of para-hydroxylation sites is 2. The molecule has 1 atom stereocenters. The number of amides is 1. The van der Waals surface area contributed by atoms with E-state index in [1.165, 1.54) is 7.11 Å². The summed E-state index contributed by atoms with van der Waals surface area (Å²) in [4.78, 5) is 27.3. The number of methoxy groups -OCH3 is 1. The Hall–Kier alpha value is -2.86. The zero-order valence-corrected chi connectivity index (χ0v) is 17.0. The molecule has 154 valence electrons. The van der Waals surface area contributed by atoms with Gasteiger partial charge in [0.1, 0.15) is 11.8 Å². The Labute approximate surface area is 171 Å². The van der Waals surface area contributed by atoms with E-state index in [4.69, 9.17) is 9.47 Å². The van der Waals surface area contributed by atoms with Gasteiger partial charge in [0.15, 0.2) is 0 Å². The average Bonchev–Trinajstić information content (AvgIpc) is 2.76. The van der Waals surface area contributed by atoms with Crippen molar-refractivity contribution in [3.63, 3.8) is 0 Å². The van der Waals surface area contributed by atoms with E-state index >= 15 is 0 Å². The third-order valence-electron chi connectivity index (χ3n) is 5.24. The minimum atomic E-state index is -0.440. The number of hydrogen-bond acceptors (Lipinski definition) is 5. The smallest absolute Gasteiger partial charge is 0.308 e. The Morgan fingerprint density at radius 2 is 1.72 bits per heavy atom. The van der Waals surface area contributed by atoms with Gasteiger partial charge in [0, 0.05) is 13.1 Å². The fourth-order valence-corrected chi connectivity index (χ4v) is 3.78. The van der Waals surface area contributed by atoms with Crippen molar-refractivity contribution in [1.29, 1.82) is 0 Å². The highest BCUT2D eigenvalue weighted by Crippen LogP contribution is 2.30. The lowest BCUT2D eigenvalue weighted by molar-refractivity contribution is -0.147. The number of esters is 1. The van der Waals surface area contributed by atoms with Crippen molar-refractivity contribution < 1.29 is 19.1 Å². The van der Waals surface area contributed by atoms with Crippen LogP contribution in [-0.2, 0) is 14.3 Å². The first-order chi connectivity index (χ1) is 14.1. The average molecular weight is 396 g/mol. The van der Waals surface area contributed by atoms with Gasteiger partial charge in [-0.3, -0.25) is 14.5 Å². The minimum absolute atomic E-state index is 0.102. The second-order valence-electron chi connectivity index (χ2n) is 7.07. The molecule has 1 aliphatic heterocycles. The molecule has 0 radical (unpaired) electrons. The summed E-state index contributed by atoms with van der Waals surface area (Å²) >= 11 is 0. The second-order valence-corrected chi connectivity index (χ2v) is 7.07. The number of carbonyl (C=O) groups excluding carboxylic acids is 2. The van der Waals surface area contributed by atoms with Crippen LogP contribution in [0.2, 0.25) is 0 Å². The van der Waals surface area contributed by atoms with E-state index in [1.54, 1.807) is 0 Å². The molecule has 6 heteroatoms. The maximum Gasteiger partial charge on any atom is 0.308 e. The van der Waals surface area contributed by atoms with Crippen molar-refractivity contribution in [2.24, 2.45) is 5.92 Å². The van der Waals surface area contributed by atoms with Gasteiger partial charge in [0.2, 0.25) is 5.91 Å². The van der Waals surface area contributed by atoms with Crippen LogP contribution in [0, 0.1) is 5.92 Å². The molecule has 1 saturated heterocycles. The molecular weight excluding hydrogens is 368 g/mol. The lowest BCUT2D eigenvalue weighted by atomic mass is 9.94. The number of nitrogens with one attached hydrogen (secondary N) is 1. The van der Waals surface area contributed by atoms with Gasteiger partial charge in [-0.15, -0.1) is 0 Å². The van der Waals surface area contributed by atoms with E-state index in [1.807, 2.05) is 61.5 Å². The van der Waals surface area contributed by atoms with E-state index in [0.717, 1.165) is 5.56 Å². The second kappa shape index (κ2) is 10.1. The molecule has 0 spiro atoms. The van der Waals surface area contributed by atoms with Crippen molar-refractivity contribution in [2.45, 2.75) is 25.8 Å². The van der Waals surface area contributed by atoms with Crippen molar-refractivity contribution >= 4 is 17.6 Å². The Balaban J connectivity index is 1.80. The van der Waals surface area contributed by atoms with Gasteiger partial charge in [0.25, 0.3) is 0 Å². The number of anilines is 1. The highest BCUT2D eigenvalue weighted by Gasteiger charge is 2.33. The quantitative estimate of drug-likeness (QED) is 0.724. The lowest BCUT2D eigenvalue weighted by Crippen LogP contribution is -2.43. The third kappa shape index (κ3) is 5.15. The van der Waals surface area contributed by atoms with Gasteiger partial charge in [-0.05, 0) is 37.5 Å². The topological polar surface area (TPSA) is 67.9 Å². The zero-order chi connectivity index (χ0) is 20.6. The highest BCUT2D eigenvalue weighted by atomic mass is 16.5. The first-order valence-electron chi connectivity index (χ1n) is 10.0. The fourth-order valence-electron chi connectivity index (χ4n) is 3.78. The molecule has 1 aliphatic rings. The number of hydrogen-bond donors (Lipinski definition) is 1. The maximum atomic E-state index is 13.3. The molecule has 1 fully saturated rings. The van der Waals surface area contributed by atoms with Gasteiger partial charge in [-0.25, -0.2) is 0 Å². The maximum absolute atomic E-state index is 13.3. The molecular formula is C23H28N2O4. The molecule has 2 aromatic carbocycles. The van der Waals surface area contributed by atoms with Crippen LogP contribution < -0.4 is 10.1 Å². The van der Waals surface area contributed by atoms with Crippen LogP contribution in [0.5, 0.6) is 5.75 Å². The Morgan fingerprint density at radius 1 is 1.07 bits per heavy atom. The van der Waals surface area contributed by atoms with E-state index in [-0.39, 0.29) is 17.8 Å². The minimum Gasteiger partial charge on any atom is -0.492 e. The monoisotopic (exact) mass is 396 g/mol. The van der Waals surface area contributed by atoms with Crippen LogP contribution in [0.1, 0.15) is 31.4 Å². The number of piperidine rings is 1.